The van der Waals surface area contributed by atoms with E-state index in [2.05, 4.69) is 45.0 Å². The molecule has 0 amide bonds. The molecule has 0 radical (unpaired) electrons. The molecule has 3 unspecified atom stereocenters. The third-order valence-corrected chi connectivity index (χ3v) is 4.47. The maximum Gasteiger partial charge on any atom is 0.00975 e. The van der Waals surface area contributed by atoms with E-state index in [1.165, 1.54) is 32.1 Å². The topological polar surface area (TPSA) is 15.3 Å². The lowest BCUT2D eigenvalue weighted by Crippen LogP contribution is -2.42. The van der Waals surface area contributed by atoms with Crippen molar-refractivity contribution in [1.29, 1.82) is 0 Å². The molecule has 1 aliphatic carbocycles. The van der Waals surface area contributed by atoms with E-state index < -0.39 is 0 Å². The molecule has 0 saturated heterocycles. The van der Waals surface area contributed by atoms with Gasteiger partial charge in [0.25, 0.3) is 0 Å². The predicted molar refractivity (Wildman–Crippen MR) is 81.0 cm³/mol. The van der Waals surface area contributed by atoms with E-state index in [-0.39, 0.29) is 0 Å². The van der Waals surface area contributed by atoms with Crippen molar-refractivity contribution < 1.29 is 0 Å². The fourth-order valence-corrected chi connectivity index (χ4v) is 3.04. The van der Waals surface area contributed by atoms with Crippen molar-refractivity contribution in [3.8, 4) is 0 Å². The highest BCUT2D eigenvalue weighted by molar-refractivity contribution is 4.80. The molecule has 1 rings (SSSR count). The minimum absolute atomic E-state index is 0.708. The Kier molecular flexibility index (Phi) is 7.25. The summed E-state index contributed by atoms with van der Waals surface area (Å²) in [4.78, 5) is 2.63. The number of hydrogen-bond acceptors (Lipinski definition) is 2. The smallest absolute Gasteiger partial charge is 0.00975 e. The van der Waals surface area contributed by atoms with Crippen LogP contribution < -0.4 is 5.32 Å². The van der Waals surface area contributed by atoms with Gasteiger partial charge in [-0.2, -0.15) is 0 Å². The first kappa shape index (κ1) is 16.0. The number of rotatable bonds is 7. The van der Waals surface area contributed by atoms with Gasteiger partial charge in [-0.3, -0.25) is 0 Å². The first-order chi connectivity index (χ1) is 8.50. The Morgan fingerprint density at radius 1 is 1.22 bits per heavy atom. The minimum atomic E-state index is 0.708. The molecule has 1 fully saturated rings. The van der Waals surface area contributed by atoms with Crippen molar-refractivity contribution in [3.05, 3.63) is 0 Å². The summed E-state index contributed by atoms with van der Waals surface area (Å²) in [6.45, 7) is 11.6. The molecule has 18 heavy (non-hydrogen) atoms. The van der Waals surface area contributed by atoms with Gasteiger partial charge in [-0.05, 0) is 58.2 Å². The Hall–Kier alpha value is -0.0800. The number of nitrogens with one attached hydrogen (secondary N) is 1. The zero-order chi connectivity index (χ0) is 13.5. The van der Waals surface area contributed by atoms with Crippen molar-refractivity contribution in [3.63, 3.8) is 0 Å². The van der Waals surface area contributed by atoms with Crippen LogP contribution >= 0.6 is 0 Å². The van der Waals surface area contributed by atoms with E-state index in [4.69, 9.17) is 0 Å². The van der Waals surface area contributed by atoms with Crippen LogP contribution in [0.3, 0.4) is 0 Å². The van der Waals surface area contributed by atoms with Gasteiger partial charge in [-0.25, -0.2) is 0 Å². The SMILES string of the molecule is CC(C)CNCCC(C)N(C)C1CCCC(C)C1. The first-order valence-electron chi connectivity index (χ1n) is 7.93. The molecule has 0 bridgehead atoms. The summed E-state index contributed by atoms with van der Waals surface area (Å²) in [5.74, 6) is 1.69. The molecule has 1 N–H and O–H groups in total. The quantitative estimate of drug-likeness (QED) is 0.699. The Morgan fingerprint density at radius 2 is 1.94 bits per heavy atom. The maximum absolute atomic E-state index is 3.56. The average molecular weight is 254 g/mol. The van der Waals surface area contributed by atoms with Gasteiger partial charge in [0.1, 0.15) is 0 Å². The van der Waals surface area contributed by atoms with Crippen molar-refractivity contribution >= 4 is 0 Å². The summed E-state index contributed by atoms with van der Waals surface area (Å²) in [5, 5.41) is 3.56. The summed E-state index contributed by atoms with van der Waals surface area (Å²) in [7, 11) is 2.33. The van der Waals surface area contributed by atoms with E-state index in [1.807, 2.05) is 0 Å². The predicted octanol–water partition coefficient (Wildman–Crippen LogP) is 3.52. The van der Waals surface area contributed by atoms with Crippen LogP contribution in [0.4, 0.5) is 0 Å². The maximum atomic E-state index is 3.56. The Balaban J connectivity index is 2.21. The lowest BCUT2D eigenvalue weighted by molar-refractivity contribution is 0.121. The highest BCUT2D eigenvalue weighted by atomic mass is 15.2. The van der Waals surface area contributed by atoms with Crippen LogP contribution in [0, 0.1) is 11.8 Å². The largest absolute Gasteiger partial charge is 0.316 e. The van der Waals surface area contributed by atoms with Crippen LogP contribution in [0.1, 0.15) is 59.8 Å². The third-order valence-electron chi connectivity index (χ3n) is 4.47. The first-order valence-corrected chi connectivity index (χ1v) is 7.93. The fraction of sp³-hybridized carbons (Fsp3) is 1.00. The summed E-state index contributed by atoms with van der Waals surface area (Å²) in [5.41, 5.74) is 0. The van der Waals surface area contributed by atoms with Crippen molar-refractivity contribution in [1.82, 2.24) is 10.2 Å². The molecule has 1 saturated carbocycles. The van der Waals surface area contributed by atoms with Gasteiger partial charge in [-0.1, -0.05) is 33.6 Å². The molecule has 2 nitrogen and oxygen atoms in total. The molecule has 0 aromatic carbocycles. The van der Waals surface area contributed by atoms with E-state index in [9.17, 15) is 0 Å². The lowest BCUT2D eigenvalue weighted by atomic mass is 9.86. The molecule has 0 heterocycles. The monoisotopic (exact) mass is 254 g/mol. The zero-order valence-electron chi connectivity index (χ0n) is 13.2. The summed E-state index contributed by atoms with van der Waals surface area (Å²) in [6.07, 6.45) is 6.95. The highest BCUT2D eigenvalue weighted by Gasteiger charge is 2.24. The van der Waals surface area contributed by atoms with Gasteiger partial charge in [-0.15, -0.1) is 0 Å². The minimum Gasteiger partial charge on any atom is -0.316 e. The van der Waals surface area contributed by atoms with Crippen LogP contribution in [0.2, 0.25) is 0 Å². The normalized spacial score (nSPS) is 26.8. The fourth-order valence-electron chi connectivity index (χ4n) is 3.04. The van der Waals surface area contributed by atoms with Crippen LogP contribution in [0.15, 0.2) is 0 Å². The van der Waals surface area contributed by atoms with E-state index in [0.29, 0.717) is 6.04 Å². The summed E-state index contributed by atoms with van der Waals surface area (Å²) in [6, 6.07) is 1.54. The second kappa shape index (κ2) is 8.16. The van der Waals surface area contributed by atoms with Crippen molar-refractivity contribution in [2.75, 3.05) is 20.1 Å². The zero-order valence-corrected chi connectivity index (χ0v) is 13.2. The van der Waals surface area contributed by atoms with Gasteiger partial charge in [0, 0.05) is 12.1 Å². The molecule has 2 heteroatoms. The van der Waals surface area contributed by atoms with Crippen LogP contribution in [-0.4, -0.2) is 37.1 Å². The highest BCUT2D eigenvalue weighted by Crippen LogP contribution is 2.27. The van der Waals surface area contributed by atoms with Crippen molar-refractivity contribution in [2.24, 2.45) is 11.8 Å². The molecular formula is C16H34N2. The lowest BCUT2D eigenvalue weighted by Gasteiger charge is -2.37. The molecule has 1 aliphatic rings. The van der Waals surface area contributed by atoms with Gasteiger partial charge in [0.05, 0.1) is 0 Å². The Bertz CT molecular complexity index is 215. The average Bonchev–Trinajstić information content (AvgIpc) is 2.33. The van der Waals surface area contributed by atoms with E-state index in [0.717, 1.165) is 31.0 Å². The van der Waals surface area contributed by atoms with Gasteiger partial charge < -0.3 is 10.2 Å². The summed E-state index contributed by atoms with van der Waals surface area (Å²) >= 11 is 0. The van der Waals surface area contributed by atoms with Gasteiger partial charge >= 0.3 is 0 Å². The van der Waals surface area contributed by atoms with Crippen LogP contribution in [-0.2, 0) is 0 Å². The molecular weight excluding hydrogens is 220 g/mol. The standard InChI is InChI=1S/C16H34N2/c1-13(2)12-17-10-9-15(4)18(5)16-8-6-7-14(3)11-16/h13-17H,6-12H2,1-5H3. The second-order valence-corrected chi connectivity index (χ2v) is 6.83. The van der Waals surface area contributed by atoms with Gasteiger partial charge in [0.15, 0.2) is 0 Å². The Morgan fingerprint density at radius 3 is 2.56 bits per heavy atom. The second-order valence-electron chi connectivity index (χ2n) is 6.83. The number of nitrogens with zero attached hydrogens (tertiary/aromatic N) is 1. The van der Waals surface area contributed by atoms with Gasteiger partial charge in [0.2, 0.25) is 0 Å². The van der Waals surface area contributed by atoms with Crippen LogP contribution in [0.25, 0.3) is 0 Å². The molecule has 0 spiro atoms. The molecule has 3 atom stereocenters. The molecule has 0 aromatic rings. The van der Waals surface area contributed by atoms with E-state index >= 15 is 0 Å². The molecule has 108 valence electrons. The van der Waals surface area contributed by atoms with Crippen molar-refractivity contribution in [2.45, 2.75) is 71.9 Å². The number of hydrogen-bond donors (Lipinski definition) is 1. The summed E-state index contributed by atoms with van der Waals surface area (Å²) < 4.78 is 0. The van der Waals surface area contributed by atoms with Crippen LogP contribution in [0.5, 0.6) is 0 Å². The van der Waals surface area contributed by atoms with E-state index in [1.54, 1.807) is 0 Å². The molecule has 0 aliphatic heterocycles. The Labute approximate surface area is 115 Å². The third kappa shape index (κ3) is 5.71. The molecule has 0 aromatic heterocycles.